The molecule has 1 N–H and O–H groups in total. The molecule has 2 aliphatic rings. The topological polar surface area (TPSA) is 81.2 Å². The number of aliphatic hydroxyl groups is 1. The first-order chi connectivity index (χ1) is 8.54. The summed E-state index contributed by atoms with van der Waals surface area (Å²) < 4.78 is 0. The zero-order valence-corrected chi connectivity index (χ0v) is 10.3. The molecule has 0 aromatic heterocycles. The van der Waals surface area contributed by atoms with Crippen LogP contribution in [0.4, 0.5) is 4.79 Å². The van der Waals surface area contributed by atoms with Crippen LogP contribution in [0.15, 0.2) is 0 Å². The van der Waals surface area contributed by atoms with E-state index in [0.717, 1.165) is 17.7 Å². The summed E-state index contributed by atoms with van der Waals surface area (Å²) in [5.74, 6) is -0.626. The molecule has 18 heavy (non-hydrogen) atoms. The van der Waals surface area contributed by atoms with E-state index in [1.165, 1.54) is 11.9 Å². The molecule has 0 atom stereocenters. The molecule has 0 unspecified atom stereocenters. The maximum Gasteiger partial charge on any atom is 0.327 e. The van der Waals surface area contributed by atoms with Gasteiger partial charge in [0.25, 0.3) is 5.91 Å². The van der Waals surface area contributed by atoms with Gasteiger partial charge in [-0.05, 0) is 12.8 Å². The molecule has 100 valence electrons. The molecule has 2 fully saturated rings. The predicted octanol–water partition coefficient (Wildman–Crippen LogP) is -1.14. The Morgan fingerprint density at radius 1 is 1.44 bits per heavy atom. The normalized spacial score (nSPS) is 19.7. The third-order valence-corrected chi connectivity index (χ3v) is 3.17. The number of amides is 4. The Balaban J connectivity index is 1.97. The SMILES string of the molecule is CN1CC(=O)N(CC(=O)N(CCO)C2CC2)C1=O. The van der Waals surface area contributed by atoms with Gasteiger partial charge >= 0.3 is 6.03 Å². The summed E-state index contributed by atoms with van der Waals surface area (Å²) >= 11 is 0. The highest BCUT2D eigenvalue weighted by Crippen LogP contribution is 2.26. The molecular formula is C11H17N3O4. The predicted molar refractivity (Wildman–Crippen MR) is 61.6 cm³/mol. The smallest absolute Gasteiger partial charge is 0.327 e. The van der Waals surface area contributed by atoms with Crippen molar-refractivity contribution in [2.45, 2.75) is 18.9 Å². The van der Waals surface area contributed by atoms with Gasteiger partial charge in [0.1, 0.15) is 13.1 Å². The van der Waals surface area contributed by atoms with E-state index >= 15 is 0 Å². The van der Waals surface area contributed by atoms with Crippen LogP contribution in [-0.4, -0.2) is 77.0 Å². The first-order valence-corrected chi connectivity index (χ1v) is 6.00. The molecule has 2 rings (SSSR count). The molecule has 7 heteroatoms. The summed E-state index contributed by atoms with van der Waals surface area (Å²) in [5.41, 5.74) is 0. The summed E-state index contributed by atoms with van der Waals surface area (Å²) in [6, 6.07) is -0.275. The number of rotatable bonds is 5. The number of likely N-dealkylation sites (N-methyl/N-ethyl adjacent to an activating group) is 1. The van der Waals surface area contributed by atoms with Crippen molar-refractivity contribution in [2.75, 3.05) is 33.3 Å². The van der Waals surface area contributed by atoms with E-state index in [4.69, 9.17) is 5.11 Å². The molecule has 0 spiro atoms. The Morgan fingerprint density at radius 3 is 2.56 bits per heavy atom. The highest BCUT2D eigenvalue weighted by atomic mass is 16.3. The molecular weight excluding hydrogens is 238 g/mol. The van der Waals surface area contributed by atoms with Gasteiger partial charge in [0.05, 0.1) is 6.61 Å². The van der Waals surface area contributed by atoms with Gasteiger partial charge in [0.15, 0.2) is 0 Å². The summed E-state index contributed by atoms with van der Waals surface area (Å²) in [5, 5.41) is 8.92. The molecule has 1 heterocycles. The quantitative estimate of drug-likeness (QED) is 0.630. The second kappa shape index (κ2) is 4.93. The van der Waals surface area contributed by atoms with Crippen LogP contribution in [0.3, 0.4) is 0 Å². The van der Waals surface area contributed by atoms with Gasteiger partial charge in [0.2, 0.25) is 5.91 Å². The number of hydrogen-bond acceptors (Lipinski definition) is 4. The largest absolute Gasteiger partial charge is 0.395 e. The van der Waals surface area contributed by atoms with Gasteiger partial charge in [-0.1, -0.05) is 0 Å². The Labute approximate surface area is 105 Å². The summed E-state index contributed by atoms with van der Waals surface area (Å²) in [6.45, 7) is -0.0480. The first-order valence-electron chi connectivity index (χ1n) is 6.00. The van der Waals surface area contributed by atoms with Crippen LogP contribution >= 0.6 is 0 Å². The van der Waals surface area contributed by atoms with Gasteiger partial charge in [-0.25, -0.2) is 4.79 Å². The Hall–Kier alpha value is -1.63. The van der Waals surface area contributed by atoms with Gasteiger partial charge in [-0.3, -0.25) is 14.5 Å². The number of imide groups is 1. The summed E-state index contributed by atoms with van der Waals surface area (Å²) in [6.07, 6.45) is 1.85. The van der Waals surface area contributed by atoms with Gasteiger partial charge in [0, 0.05) is 19.6 Å². The average molecular weight is 255 g/mol. The van der Waals surface area contributed by atoms with Crippen LogP contribution in [0.1, 0.15) is 12.8 Å². The van der Waals surface area contributed by atoms with E-state index in [0.29, 0.717) is 0 Å². The Bertz CT molecular complexity index is 380. The van der Waals surface area contributed by atoms with Crippen molar-refractivity contribution < 1.29 is 19.5 Å². The van der Waals surface area contributed by atoms with Crippen LogP contribution in [0.2, 0.25) is 0 Å². The molecule has 4 amide bonds. The van der Waals surface area contributed by atoms with Crippen LogP contribution in [0, 0.1) is 0 Å². The number of carbonyl (C=O) groups excluding carboxylic acids is 3. The van der Waals surface area contributed by atoms with Gasteiger partial charge in [-0.15, -0.1) is 0 Å². The summed E-state index contributed by atoms with van der Waals surface area (Å²) in [7, 11) is 1.52. The standard InChI is InChI=1S/C11H17N3O4/c1-12-6-9(16)14(11(12)18)7-10(17)13(4-5-15)8-2-3-8/h8,15H,2-7H2,1H3. The van der Waals surface area contributed by atoms with Crippen molar-refractivity contribution in [3.8, 4) is 0 Å². The average Bonchev–Trinajstić information content (AvgIpc) is 3.12. The molecule has 0 aromatic carbocycles. The van der Waals surface area contributed by atoms with E-state index in [9.17, 15) is 14.4 Å². The van der Waals surface area contributed by atoms with Crippen LogP contribution in [0.5, 0.6) is 0 Å². The van der Waals surface area contributed by atoms with Crippen LogP contribution < -0.4 is 0 Å². The van der Waals surface area contributed by atoms with Crippen LogP contribution in [0.25, 0.3) is 0 Å². The minimum atomic E-state index is -0.437. The van der Waals surface area contributed by atoms with E-state index in [-0.39, 0.29) is 44.1 Å². The van der Waals surface area contributed by atoms with Crippen LogP contribution in [-0.2, 0) is 9.59 Å². The molecule has 1 aliphatic heterocycles. The molecule has 1 saturated carbocycles. The molecule has 1 saturated heterocycles. The van der Waals surface area contributed by atoms with Crippen molar-refractivity contribution in [3.63, 3.8) is 0 Å². The molecule has 0 bridgehead atoms. The van der Waals surface area contributed by atoms with E-state index in [1.54, 1.807) is 4.90 Å². The number of urea groups is 1. The van der Waals surface area contributed by atoms with Crippen molar-refractivity contribution in [1.29, 1.82) is 0 Å². The second-order valence-electron chi connectivity index (χ2n) is 4.66. The molecule has 0 aromatic rings. The fraction of sp³-hybridized carbons (Fsp3) is 0.727. The number of aliphatic hydroxyl groups excluding tert-OH is 1. The lowest BCUT2D eigenvalue weighted by atomic mass is 10.4. The van der Waals surface area contributed by atoms with E-state index in [2.05, 4.69) is 0 Å². The maximum absolute atomic E-state index is 12.0. The third-order valence-electron chi connectivity index (χ3n) is 3.17. The monoisotopic (exact) mass is 255 g/mol. The van der Waals surface area contributed by atoms with Crippen molar-refractivity contribution in [3.05, 3.63) is 0 Å². The fourth-order valence-electron chi connectivity index (χ4n) is 2.06. The molecule has 0 radical (unpaired) electrons. The number of carbonyl (C=O) groups is 3. The molecule has 1 aliphatic carbocycles. The second-order valence-corrected chi connectivity index (χ2v) is 4.66. The maximum atomic E-state index is 12.0. The zero-order valence-electron chi connectivity index (χ0n) is 10.3. The lowest BCUT2D eigenvalue weighted by Crippen LogP contribution is -2.45. The minimum absolute atomic E-state index is 0.0234. The van der Waals surface area contributed by atoms with Crippen molar-refractivity contribution >= 4 is 17.8 Å². The highest BCUT2D eigenvalue weighted by Gasteiger charge is 2.38. The number of nitrogens with zero attached hydrogens (tertiary/aromatic N) is 3. The number of hydrogen-bond donors (Lipinski definition) is 1. The minimum Gasteiger partial charge on any atom is -0.395 e. The van der Waals surface area contributed by atoms with Crippen molar-refractivity contribution in [2.24, 2.45) is 0 Å². The molecule has 7 nitrogen and oxygen atoms in total. The Morgan fingerprint density at radius 2 is 2.11 bits per heavy atom. The lowest BCUT2D eigenvalue weighted by Gasteiger charge is -2.23. The Kier molecular flexibility index (Phi) is 3.51. The zero-order chi connectivity index (χ0) is 13.3. The van der Waals surface area contributed by atoms with Crippen molar-refractivity contribution in [1.82, 2.24) is 14.7 Å². The fourth-order valence-corrected chi connectivity index (χ4v) is 2.06. The lowest BCUT2D eigenvalue weighted by molar-refractivity contribution is -0.137. The van der Waals surface area contributed by atoms with Gasteiger partial charge < -0.3 is 14.9 Å². The van der Waals surface area contributed by atoms with Gasteiger partial charge in [-0.2, -0.15) is 0 Å². The highest BCUT2D eigenvalue weighted by molar-refractivity contribution is 6.04. The third kappa shape index (κ3) is 2.45. The first kappa shape index (κ1) is 12.8. The van der Waals surface area contributed by atoms with E-state index < -0.39 is 6.03 Å². The van der Waals surface area contributed by atoms with E-state index in [1.807, 2.05) is 0 Å². The summed E-state index contributed by atoms with van der Waals surface area (Å²) in [4.78, 5) is 39.0.